The topological polar surface area (TPSA) is 70.4 Å². The van der Waals surface area contributed by atoms with Crippen molar-refractivity contribution in [2.45, 2.75) is 44.3 Å². The first-order chi connectivity index (χ1) is 10.1. The predicted octanol–water partition coefficient (Wildman–Crippen LogP) is 2.06. The molecule has 2 aliphatic rings. The number of rotatable bonds is 3. The van der Waals surface area contributed by atoms with Gasteiger partial charge in [-0.25, -0.2) is 4.79 Å². The van der Waals surface area contributed by atoms with Crippen molar-refractivity contribution < 1.29 is 4.79 Å². The number of urea groups is 1. The molecule has 3 rings (SSSR count). The van der Waals surface area contributed by atoms with Crippen molar-refractivity contribution in [3.05, 3.63) is 29.8 Å². The van der Waals surface area contributed by atoms with E-state index in [-0.39, 0.29) is 18.1 Å². The highest BCUT2D eigenvalue weighted by molar-refractivity contribution is 5.89. The second-order valence-electron chi connectivity index (χ2n) is 6.15. The third kappa shape index (κ3) is 3.19. The van der Waals surface area contributed by atoms with E-state index in [0.29, 0.717) is 6.04 Å². The molecule has 21 heavy (non-hydrogen) atoms. The Hall–Kier alpha value is -1.59. The monoisotopic (exact) mass is 288 g/mol. The van der Waals surface area contributed by atoms with Gasteiger partial charge in [-0.3, -0.25) is 4.90 Å². The number of hydrogen-bond acceptors (Lipinski definition) is 3. The van der Waals surface area contributed by atoms with Crippen LogP contribution in [-0.4, -0.2) is 36.1 Å². The summed E-state index contributed by atoms with van der Waals surface area (Å²) in [6, 6.07) is 8.43. The van der Waals surface area contributed by atoms with Gasteiger partial charge in [0, 0.05) is 30.4 Å². The molecule has 1 aromatic rings. The van der Waals surface area contributed by atoms with E-state index in [4.69, 9.17) is 5.73 Å². The second kappa shape index (κ2) is 6.03. The average molecular weight is 288 g/mol. The van der Waals surface area contributed by atoms with Crippen LogP contribution in [0.25, 0.3) is 0 Å². The number of fused-ring (bicyclic) bond motifs is 1. The van der Waals surface area contributed by atoms with Crippen LogP contribution in [0.5, 0.6) is 0 Å². The van der Waals surface area contributed by atoms with Gasteiger partial charge in [0.15, 0.2) is 0 Å². The van der Waals surface area contributed by atoms with Crippen LogP contribution < -0.4 is 16.4 Å². The van der Waals surface area contributed by atoms with Gasteiger partial charge in [0.1, 0.15) is 0 Å². The molecule has 2 saturated heterocycles. The van der Waals surface area contributed by atoms with E-state index in [0.717, 1.165) is 24.2 Å². The summed E-state index contributed by atoms with van der Waals surface area (Å²) in [5.74, 6) is 0. The summed E-state index contributed by atoms with van der Waals surface area (Å²) in [6.45, 7) is 4.24. The number of nitrogens with zero attached hydrogens (tertiary/aromatic N) is 1. The Kier molecular flexibility index (Phi) is 4.12. The van der Waals surface area contributed by atoms with Gasteiger partial charge in [0.25, 0.3) is 0 Å². The Morgan fingerprint density at radius 1 is 1.29 bits per heavy atom. The van der Waals surface area contributed by atoms with Gasteiger partial charge in [-0.2, -0.15) is 0 Å². The number of nitrogens with two attached hydrogens (primary N) is 1. The van der Waals surface area contributed by atoms with Crippen LogP contribution in [0.15, 0.2) is 24.3 Å². The van der Waals surface area contributed by atoms with Crippen LogP contribution >= 0.6 is 0 Å². The van der Waals surface area contributed by atoms with Crippen molar-refractivity contribution in [3.8, 4) is 0 Å². The van der Waals surface area contributed by atoms with Crippen LogP contribution in [-0.2, 0) is 0 Å². The quantitative estimate of drug-likeness (QED) is 0.797. The van der Waals surface area contributed by atoms with Crippen LogP contribution in [0.3, 0.4) is 0 Å². The zero-order chi connectivity index (χ0) is 14.8. The summed E-state index contributed by atoms with van der Waals surface area (Å²) >= 11 is 0. The maximum absolute atomic E-state index is 12.1. The molecule has 0 radical (unpaired) electrons. The van der Waals surface area contributed by atoms with Crippen molar-refractivity contribution in [1.29, 1.82) is 0 Å². The molecule has 3 unspecified atom stereocenters. The number of carbonyl (C=O) groups is 1. The number of carbonyl (C=O) groups excluding carboxylic acids is 1. The summed E-state index contributed by atoms with van der Waals surface area (Å²) in [7, 11) is 0. The highest BCUT2D eigenvalue weighted by Crippen LogP contribution is 2.27. The maximum Gasteiger partial charge on any atom is 0.319 e. The SMILES string of the molecule is CC(N)c1ccc(NC(=O)NC2CCN3CCCC23)cc1. The molecule has 1 aromatic carbocycles. The fraction of sp³-hybridized carbons (Fsp3) is 0.562. The predicted molar refractivity (Wildman–Crippen MR) is 84.2 cm³/mol. The molecule has 0 spiro atoms. The van der Waals surface area contributed by atoms with Crippen molar-refractivity contribution >= 4 is 11.7 Å². The minimum Gasteiger partial charge on any atom is -0.334 e. The van der Waals surface area contributed by atoms with E-state index in [9.17, 15) is 4.79 Å². The van der Waals surface area contributed by atoms with Crippen LogP contribution in [0.2, 0.25) is 0 Å². The zero-order valence-electron chi connectivity index (χ0n) is 12.5. The number of amides is 2. The number of hydrogen-bond donors (Lipinski definition) is 3. The van der Waals surface area contributed by atoms with Crippen LogP contribution in [0, 0.1) is 0 Å². The molecule has 0 saturated carbocycles. The van der Waals surface area contributed by atoms with E-state index in [1.165, 1.54) is 19.4 Å². The normalized spacial score (nSPS) is 26.4. The molecule has 0 bridgehead atoms. The zero-order valence-corrected chi connectivity index (χ0v) is 12.5. The van der Waals surface area contributed by atoms with E-state index >= 15 is 0 Å². The van der Waals surface area contributed by atoms with E-state index in [1.807, 2.05) is 31.2 Å². The Morgan fingerprint density at radius 2 is 2.05 bits per heavy atom. The third-order valence-electron chi connectivity index (χ3n) is 4.62. The molecular formula is C16H24N4O. The van der Waals surface area contributed by atoms with Gasteiger partial charge in [0.05, 0.1) is 0 Å². The highest BCUT2D eigenvalue weighted by atomic mass is 16.2. The van der Waals surface area contributed by atoms with Crippen molar-refractivity contribution in [2.75, 3.05) is 18.4 Å². The van der Waals surface area contributed by atoms with E-state index in [1.54, 1.807) is 0 Å². The fourth-order valence-corrected chi connectivity index (χ4v) is 3.46. The third-order valence-corrected chi connectivity index (χ3v) is 4.62. The summed E-state index contributed by atoms with van der Waals surface area (Å²) in [5.41, 5.74) is 7.69. The molecule has 5 heteroatoms. The van der Waals surface area contributed by atoms with E-state index < -0.39 is 0 Å². The summed E-state index contributed by atoms with van der Waals surface area (Å²) in [6.07, 6.45) is 3.51. The molecule has 2 fully saturated rings. The standard InChI is InChI=1S/C16H24N4O/c1-11(17)12-4-6-13(7-5-12)18-16(21)19-14-8-10-20-9-2-3-15(14)20/h4-7,11,14-15H,2-3,8-10,17H2,1H3,(H2,18,19,21). The van der Waals surface area contributed by atoms with Gasteiger partial charge in [-0.15, -0.1) is 0 Å². The van der Waals surface area contributed by atoms with Gasteiger partial charge in [-0.05, 0) is 50.4 Å². The molecule has 2 amide bonds. The average Bonchev–Trinajstić information content (AvgIpc) is 3.04. The molecule has 0 aromatic heterocycles. The number of anilines is 1. The van der Waals surface area contributed by atoms with Gasteiger partial charge in [0.2, 0.25) is 0 Å². The maximum atomic E-state index is 12.1. The molecule has 114 valence electrons. The number of benzene rings is 1. The molecule has 4 N–H and O–H groups in total. The van der Waals surface area contributed by atoms with Crippen molar-refractivity contribution in [2.24, 2.45) is 5.73 Å². The molecular weight excluding hydrogens is 264 g/mol. The molecule has 2 heterocycles. The number of nitrogens with one attached hydrogen (secondary N) is 2. The minimum atomic E-state index is -0.109. The highest BCUT2D eigenvalue weighted by Gasteiger charge is 2.37. The lowest BCUT2D eigenvalue weighted by Crippen LogP contribution is -2.44. The first-order valence-corrected chi connectivity index (χ1v) is 7.80. The first kappa shape index (κ1) is 14.4. The Balaban J connectivity index is 1.54. The van der Waals surface area contributed by atoms with Crippen molar-refractivity contribution in [1.82, 2.24) is 10.2 Å². The van der Waals surface area contributed by atoms with Crippen LogP contribution in [0.1, 0.15) is 37.8 Å². The van der Waals surface area contributed by atoms with Gasteiger partial charge < -0.3 is 16.4 Å². The van der Waals surface area contributed by atoms with E-state index in [2.05, 4.69) is 15.5 Å². The lowest BCUT2D eigenvalue weighted by Gasteiger charge is -2.21. The largest absolute Gasteiger partial charge is 0.334 e. The lowest BCUT2D eigenvalue weighted by molar-refractivity contribution is 0.243. The lowest BCUT2D eigenvalue weighted by atomic mass is 10.1. The summed E-state index contributed by atoms with van der Waals surface area (Å²) < 4.78 is 0. The van der Waals surface area contributed by atoms with Gasteiger partial charge >= 0.3 is 6.03 Å². The second-order valence-corrected chi connectivity index (χ2v) is 6.15. The first-order valence-electron chi connectivity index (χ1n) is 7.80. The molecule has 2 aliphatic heterocycles. The van der Waals surface area contributed by atoms with Crippen molar-refractivity contribution in [3.63, 3.8) is 0 Å². The molecule has 0 aliphatic carbocycles. The summed E-state index contributed by atoms with van der Waals surface area (Å²) in [5, 5.41) is 6.03. The fourth-order valence-electron chi connectivity index (χ4n) is 3.46. The summed E-state index contributed by atoms with van der Waals surface area (Å²) in [4.78, 5) is 14.6. The Bertz CT molecular complexity index is 500. The Morgan fingerprint density at radius 3 is 2.76 bits per heavy atom. The molecule has 5 nitrogen and oxygen atoms in total. The van der Waals surface area contributed by atoms with Gasteiger partial charge in [-0.1, -0.05) is 12.1 Å². The minimum absolute atomic E-state index is 0.0136. The smallest absolute Gasteiger partial charge is 0.319 e. The molecule has 3 atom stereocenters. The van der Waals surface area contributed by atoms with Crippen LogP contribution in [0.4, 0.5) is 10.5 Å². The Labute approximate surface area is 125 Å².